The second-order valence-electron chi connectivity index (χ2n) is 9.85. The highest BCUT2D eigenvalue weighted by atomic mass is 16.5. The molecule has 3 unspecified atom stereocenters. The number of aromatic nitrogens is 1. The summed E-state index contributed by atoms with van der Waals surface area (Å²) in [6.07, 6.45) is 1.28. The van der Waals surface area contributed by atoms with Gasteiger partial charge in [-0.3, -0.25) is 9.59 Å². The molecule has 3 aromatic rings. The third-order valence-corrected chi connectivity index (χ3v) is 7.31. The van der Waals surface area contributed by atoms with Crippen LogP contribution in [0.1, 0.15) is 23.6 Å². The Hall–Kier alpha value is -4.27. The maximum atomic E-state index is 13.5. The number of piperidine rings is 1. The average molecular weight is 517 g/mol. The number of ether oxygens (including phenoxy) is 2. The molecule has 198 valence electrons. The molecule has 5 rings (SSSR count). The highest BCUT2D eigenvalue weighted by molar-refractivity contribution is 5.97. The van der Waals surface area contributed by atoms with Gasteiger partial charge < -0.3 is 29.6 Å². The van der Waals surface area contributed by atoms with Crippen molar-refractivity contribution in [1.29, 1.82) is 0 Å². The SMILES string of the molecule is COc1ccc(NC(=O)C(Cc2ccccc2)NC(=O)N2CC3CC(C2)c2cccc(=O)n2C3)cc1OC. The molecule has 2 aliphatic heterocycles. The monoisotopic (exact) mass is 516 g/mol. The predicted octanol–water partition coefficient (Wildman–Crippen LogP) is 3.24. The summed E-state index contributed by atoms with van der Waals surface area (Å²) in [6.45, 7) is 1.64. The maximum Gasteiger partial charge on any atom is 0.318 e. The molecule has 2 N–H and O–H groups in total. The van der Waals surface area contributed by atoms with Crippen molar-refractivity contribution in [1.82, 2.24) is 14.8 Å². The fraction of sp³-hybridized carbons (Fsp3) is 0.345. The van der Waals surface area contributed by atoms with Gasteiger partial charge in [-0.05, 0) is 36.1 Å². The number of likely N-dealkylation sites (tertiary alicyclic amines) is 1. The largest absolute Gasteiger partial charge is 0.493 e. The molecule has 0 aliphatic carbocycles. The summed E-state index contributed by atoms with van der Waals surface area (Å²) in [5.74, 6) is 1.01. The summed E-state index contributed by atoms with van der Waals surface area (Å²) in [7, 11) is 3.08. The van der Waals surface area contributed by atoms with Gasteiger partial charge in [0.2, 0.25) is 5.91 Å². The number of amides is 3. The van der Waals surface area contributed by atoms with Crippen LogP contribution in [0.3, 0.4) is 0 Å². The fourth-order valence-corrected chi connectivity index (χ4v) is 5.51. The van der Waals surface area contributed by atoms with E-state index in [0.717, 1.165) is 17.7 Å². The van der Waals surface area contributed by atoms with Crippen molar-refractivity contribution >= 4 is 17.6 Å². The summed E-state index contributed by atoms with van der Waals surface area (Å²) in [6, 6.07) is 19.0. The lowest BCUT2D eigenvalue weighted by molar-refractivity contribution is -0.118. The molecule has 38 heavy (non-hydrogen) atoms. The van der Waals surface area contributed by atoms with Crippen LogP contribution in [0.25, 0.3) is 0 Å². The summed E-state index contributed by atoms with van der Waals surface area (Å²) in [5, 5.41) is 5.89. The van der Waals surface area contributed by atoms with Crippen molar-refractivity contribution in [2.45, 2.75) is 31.3 Å². The number of benzene rings is 2. The number of carbonyl (C=O) groups is 2. The van der Waals surface area contributed by atoms with E-state index < -0.39 is 6.04 Å². The molecule has 3 amide bonds. The topological polar surface area (TPSA) is 102 Å². The van der Waals surface area contributed by atoms with Gasteiger partial charge in [-0.15, -0.1) is 0 Å². The highest BCUT2D eigenvalue weighted by Gasteiger charge is 2.37. The minimum atomic E-state index is -0.797. The molecular formula is C29H32N4O5. The molecule has 0 spiro atoms. The van der Waals surface area contributed by atoms with E-state index in [1.807, 2.05) is 41.0 Å². The third-order valence-electron chi connectivity index (χ3n) is 7.31. The second-order valence-corrected chi connectivity index (χ2v) is 9.85. The average Bonchev–Trinajstić information content (AvgIpc) is 2.93. The first-order valence-electron chi connectivity index (χ1n) is 12.8. The number of pyridine rings is 1. The molecule has 9 heteroatoms. The van der Waals surface area contributed by atoms with Crippen molar-refractivity contribution in [3.63, 3.8) is 0 Å². The molecule has 1 aromatic heterocycles. The first-order chi connectivity index (χ1) is 18.4. The first-order valence-corrected chi connectivity index (χ1v) is 12.8. The lowest BCUT2D eigenvalue weighted by Gasteiger charge is -2.43. The zero-order chi connectivity index (χ0) is 26.6. The number of fused-ring (bicyclic) bond motifs is 4. The smallest absolute Gasteiger partial charge is 0.318 e. The number of anilines is 1. The normalized spacial score (nSPS) is 18.6. The number of hydrogen-bond donors (Lipinski definition) is 2. The Bertz CT molecular complexity index is 1370. The lowest BCUT2D eigenvalue weighted by atomic mass is 9.83. The molecule has 1 fully saturated rings. The van der Waals surface area contributed by atoms with Crippen molar-refractivity contribution in [3.8, 4) is 11.5 Å². The quantitative estimate of drug-likeness (QED) is 0.502. The van der Waals surface area contributed by atoms with Gasteiger partial charge in [0.25, 0.3) is 5.56 Å². The van der Waals surface area contributed by atoms with Crippen LogP contribution in [0.15, 0.2) is 71.5 Å². The number of urea groups is 1. The van der Waals surface area contributed by atoms with Crippen molar-refractivity contribution < 1.29 is 19.1 Å². The number of hydrogen-bond acceptors (Lipinski definition) is 5. The molecule has 0 saturated carbocycles. The van der Waals surface area contributed by atoms with Gasteiger partial charge in [-0.1, -0.05) is 36.4 Å². The van der Waals surface area contributed by atoms with Crippen LogP contribution in [-0.4, -0.2) is 54.8 Å². The summed E-state index contributed by atoms with van der Waals surface area (Å²) >= 11 is 0. The summed E-state index contributed by atoms with van der Waals surface area (Å²) in [4.78, 5) is 41.0. The molecular weight excluding hydrogens is 484 g/mol. The molecule has 3 heterocycles. The predicted molar refractivity (Wildman–Crippen MR) is 144 cm³/mol. The standard InChI is InChI=1S/C29H32N4O5/c1-37-25-12-11-22(15-26(25)38-2)30-28(35)23(14-19-7-4-3-5-8-19)31-29(36)32-16-20-13-21(18-32)24-9-6-10-27(34)33(24)17-20/h3-12,15,20-21,23H,13-14,16-18H2,1-2H3,(H,30,35)(H,31,36). The van der Waals surface area contributed by atoms with Gasteiger partial charge in [0, 0.05) is 55.5 Å². The minimum Gasteiger partial charge on any atom is -0.493 e. The fourth-order valence-electron chi connectivity index (χ4n) is 5.51. The first kappa shape index (κ1) is 25.4. The van der Waals surface area contributed by atoms with E-state index in [-0.39, 0.29) is 29.3 Å². The number of methoxy groups -OCH3 is 2. The van der Waals surface area contributed by atoms with Crippen molar-refractivity contribution in [3.05, 3.63) is 88.3 Å². The van der Waals surface area contributed by atoms with Crippen LogP contribution in [-0.2, 0) is 17.8 Å². The van der Waals surface area contributed by atoms with Crippen LogP contribution < -0.4 is 25.7 Å². The van der Waals surface area contributed by atoms with E-state index in [4.69, 9.17) is 9.47 Å². The van der Waals surface area contributed by atoms with Crippen LogP contribution >= 0.6 is 0 Å². The number of carbonyl (C=O) groups excluding carboxylic acids is 2. The van der Waals surface area contributed by atoms with Crippen LogP contribution in [0, 0.1) is 5.92 Å². The van der Waals surface area contributed by atoms with Gasteiger partial charge in [0.1, 0.15) is 6.04 Å². The highest BCUT2D eigenvalue weighted by Crippen LogP contribution is 2.35. The van der Waals surface area contributed by atoms with E-state index in [9.17, 15) is 14.4 Å². The van der Waals surface area contributed by atoms with Crippen LogP contribution in [0.4, 0.5) is 10.5 Å². The van der Waals surface area contributed by atoms with E-state index in [2.05, 4.69) is 10.6 Å². The molecule has 2 aromatic carbocycles. The summed E-state index contributed by atoms with van der Waals surface area (Å²) in [5.41, 5.74) is 2.45. The van der Waals surface area contributed by atoms with Gasteiger partial charge in [-0.25, -0.2) is 4.79 Å². The molecule has 3 atom stereocenters. The Morgan fingerprint density at radius 3 is 2.50 bits per heavy atom. The Morgan fingerprint density at radius 1 is 0.947 bits per heavy atom. The molecule has 1 saturated heterocycles. The Morgan fingerprint density at radius 2 is 1.74 bits per heavy atom. The van der Waals surface area contributed by atoms with Crippen LogP contribution in [0.2, 0.25) is 0 Å². The van der Waals surface area contributed by atoms with Gasteiger partial charge in [-0.2, -0.15) is 0 Å². The second kappa shape index (κ2) is 11.0. The molecule has 2 aliphatic rings. The van der Waals surface area contributed by atoms with E-state index in [1.165, 1.54) is 7.11 Å². The van der Waals surface area contributed by atoms with E-state index in [0.29, 0.717) is 43.2 Å². The maximum absolute atomic E-state index is 13.5. The molecule has 2 bridgehead atoms. The van der Waals surface area contributed by atoms with E-state index in [1.54, 1.807) is 42.3 Å². The number of rotatable bonds is 7. The van der Waals surface area contributed by atoms with Crippen molar-refractivity contribution in [2.24, 2.45) is 5.92 Å². The van der Waals surface area contributed by atoms with Gasteiger partial charge in [0.15, 0.2) is 11.5 Å². The zero-order valence-corrected chi connectivity index (χ0v) is 21.6. The minimum absolute atomic E-state index is 0.00450. The Balaban J connectivity index is 1.33. The molecule has 9 nitrogen and oxygen atoms in total. The van der Waals surface area contributed by atoms with Gasteiger partial charge >= 0.3 is 6.03 Å². The third kappa shape index (κ3) is 5.37. The number of nitrogens with one attached hydrogen (secondary N) is 2. The van der Waals surface area contributed by atoms with E-state index >= 15 is 0 Å². The zero-order valence-electron chi connectivity index (χ0n) is 21.6. The molecule has 0 radical (unpaired) electrons. The Kier molecular flexibility index (Phi) is 7.35. The van der Waals surface area contributed by atoms with Crippen LogP contribution in [0.5, 0.6) is 11.5 Å². The van der Waals surface area contributed by atoms with Gasteiger partial charge in [0.05, 0.1) is 14.2 Å². The van der Waals surface area contributed by atoms with Crippen molar-refractivity contribution in [2.75, 3.05) is 32.6 Å². The lowest BCUT2D eigenvalue weighted by Crippen LogP contribution is -2.55. The Labute approximate surface area is 221 Å². The number of nitrogens with zero attached hydrogens (tertiary/aromatic N) is 2. The summed E-state index contributed by atoms with van der Waals surface area (Å²) < 4.78 is 12.5.